The number of piperidine rings is 1. The van der Waals surface area contributed by atoms with Crippen molar-refractivity contribution in [1.82, 2.24) is 5.32 Å². The Morgan fingerprint density at radius 2 is 2.36 bits per heavy atom. The predicted octanol–water partition coefficient (Wildman–Crippen LogP) is 0.547. The second-order valence-electron chi connectivity index (χ2n) is 3.07. The van der Waals surface area contributed by atoms with E-state index in [0.29, 0.717) is 5.92 Å². The molecule has 1 heterocycles. The van der Waals surface area contributed by atoms with Crippen molar-refractivity contribution in [2.75, 3.05) is 13.7 Å². The van der Waals surface area contributed by atoms with Gasteiger partial charge in [-0.3, -0.25) is 4.79 Å². The summed E-state index contributed by atoms with van der Waals surface area (Å²) in [5.41, 5.74) is 0. The first-order valence-electron chi connectivity index (χ1n) is 4.07. The van der Waals surface area contributed by atoms with Crippen LogP contribution in [0.3, 0.4) is 0 Å². The van der Waals surface area contributed by atoms with Gasteiger partial charge in [0, 0.05) is 0 Å². The summed E-state index contributed by atoms with van der Waals surface area (Å²) >= 11 is 0. The third-order valence-electron chi connectivity index (χ3n) is 2.22. The van der Waals surface area contributed by atoms with Gasteiger partial charge in [-0.25, -0.2) is 0 Å². The smallest absolute Gasteiger partial charge is 0.323 e. The molecular formula is C8H15NO2. The van der Waals surface area contributed by atoms with Gasteiger partial charge in [0.1, 0.15) is 6.04 Å². The van der Waals surface area contributed by atoms with Gasteiger partial charge in [-0.2, -0.15) is 0 Å². The maximum Gasteiger partial charge on any atom is 0.323 e. The molecule has 1 aliphatic rings. The second-order valence-corrected chi connectivity index (χ2v) is 3.07. The Kier molecular flexibility index (Phi) is 2.88. The van der Waals surface area contributed by atoms with Gasteiger partial charge < -0.3 is 10.1 Å². The van der Waals surface area contributed by atoms with Crippen molar-refractivity contribution in [3.8, 4) is 0 Å². The lowest BCUT2D eigenvalue weighted by Gasteiger charge is -2.27. The molecule has 64 valence electrons. The maximum atomic E-state index is 11.1. The lowest BCUT2D eigenvalue weighted by molar-refractivity contribution is -0.145. The van der Waals surface area contributed by atoms with E-state index in [0.717, 1.165) is 19.4 Å². The van der Waals surface area contributed by atoms with Crippen molar-refractivity contribution >= 4 is 5.97 Å². The molecule has 0 aliphatic carbocycles. The van der Waals surface area contributed by atoms with Crippen LogP contribution >= 0.6 is 0 Å². The Bertz CT molecular complexity index is 147. The Balaban J connectivity index is 2.47. The molecule has 0 bridgehead atoms. The van der Waals surface area contributed by atoms with Crippen LogP contribution in [0.25, 0.3) is 0 Å². The Labute approximate surface area is 67.1 Å². The average Bonchev–Trinajstić information content (AvgIpc) is 2.04. The van der Waals surface area contributed by atoms with E-state index in [-0.39, 0.29) is 12.0 Å². The Morgan fingerprint density at radius 1 is 1.64 bits per heavy atom. The van der Waals surface area contributed by atoms with Crippen molar-refractivity contribution in [2.24, 2.45) is 5.92 Å². The van der Waals surface area contributed by atoms with Gasteiger partial charge >= 0.3 is 5.97 Å². The fourth-order valence-electron chi connectivity index (χ4n) is 1.49. The van der Waals surface area contributed by atoms with E-state index in [2.05, 4.69) is 17.0 Å². The standard InChI is InChI=1S/C8H15NO2/c1-6-4-3-5-9-7(6)8(10)11-2/h6-7,9H,3-5H2,1-2H3/t6-,7+/m1/s1. The van der Waals surface area contributed by atoms with Crippen LogP contribution in [-0.4, -0.2) is 25.7 Å². The molecule has 1 N–H and O–H groups in total. The molecule has 0 aromatic heterocycles. The zero-order chi connectivity index (χ0) is 8.27. The summed E-state index contributed by atoms with van der Waals surface area (Å²) in [4.78, 5) is 11.1. The molecule has 2 atom stereocenters. The van der Waals surface area contributed by atoms with Crippen molar-refractivity contribution in [3.63, 3.8) is 0 Å². The summed E-state index contributed by atoms with van der Waals surface area (Å²) in [7, 11) is 1.44. The molecule has 0 aromatic carbocycles. The first-order valence-corrected chi connectivity index (χ1v) is 4.07. The van der Waals surface area contributed by atoms with Crippen LogP contribution in [0.15, 0.2) is 0 Å². The van der Waals surface area contributed by atoms with Crippen LogP contribution in [0, 0.1) is 5.92 Å². The van der Waals surface area contributed by atoms with Crippen molar-refractivity contribution < 1.29 is 9.53 Å². The summed E-state index contributed by atoms with van der Waals surface area (Å²) in [5.74, 6) is 0.286. The van der Waals surface area contributed by atoms with E-state index in [9.17, 15) is 4.79 Å². The number of hydrogen-bond donors (Lipinski definition) is 1. The molecular weight excluding hydrogens is 142 g/mol. The minimum atomic E-state index is -0.128. The molecule has 11 heavy (non-hydrogen) atoms. The van der Waals surface area contributed by atoms with E-state index >= 15 is 0 Å². The van der Waals surface area contributed by atoms with Gasteiger partial charge in [0.05, 0.1) is 7.11 Å². The van der Waals surface area contributed by atoms with Crippen LogP contribution in [0.5, 0.6) is 0 Å². The summed E-state index contributed by atoms with van der Waals surface area (Å²) in [6, 6.07) is -0.0752. The molecule has 1 rings (SSSR count). The number of hydrogen-bond acceptors (Lipinski definition) is 3. The van der Waals surface area contributed by atoms with Crippen LogP contribution in [0.2, 0.25) is 0 Å². The van der Waals surface area contributed by atoms with Crippen LogP contribution in [0.4, 0.5) is 0 Å². The zero-order valence-corrected chi connectivity index (χ0v) is 7.09. The van der Waals surface area contributed by atoms with Crippen LogP contribution < -0.4 is 5.32 Å². The molecule has 1 fully saturated rings. The Hall–Kier alpha value is -0.570. The fourth-order valence-corrected chi connectivity index (χ4v) is 1.49. The third-order valence-corrected chi connectivity index (χ3v) is 2.22. The number of carbonyl (C=O) groups excluding carboxylic acids is 1. The van der Waals surface area contributed by atoms with E-state index in [1.54, 1.807) is 0 Å². The zero-order valence-electron chi connectivity index (χ0n) is 7.09. The number of rotatable bonds is 1. The van der Waals surface area contributed by atoms with E-state index < -0.39 is 0 Å². The number of methoxy groups -OCH3 is 1. The van der Waals surface area contributed by atoms with Crippen LogP contribution in [-0.2, 0) is 9.53 Å². The SMILES string of the molecule is COC(=O)[C@H]1NCCC[C@H]1C. The number of nitrogens with one attached hydrogen (secondary N) is 1. The fraction of sp³-hybridized carbons (Fsp3) is 0.875. The first kappa shape index (κ1) is 8.53. The lowest BCUT2D eigenvalue weighted by Crippen LogP contribution is -2.46. The highest BCUT2D eigenvalue weighted by atomic mass is 16.5. The normalized spacial score (nSPS) is 31.5. The summed E-state index contributed by atoms with van der Waals surface area (Å²) < 4.78 is 4.66. The molecule has 3 nitrogen and oxygen atoms in total. The van der Waals surface area contributed by atoms with E-state index in [1.165, 1.54) is 7.11 Å². The number of ether oxygens (including phenoxy) is 1. The van der Waals surface area contributed by atoms with Gasteiger partial charge in [0.2, 0.25) is 0 Å². The Morgan fingerprint density at radius 3 is 2.91 bits per heavy atom. The van der Waals surface area contributed by atoms with Gasteiger partial charge in [-0.05, 0) is 25.3 Å². The average molecular weight is 157 g/mol. The first-order chi connectivity index (χ1) is 5.25. The number of esters is 1. The topological polar surface area (TPSA) is 38.3 Å². The highest BCUT2D eigenvalue weighted by Gasteiger charge is 2.27. The molecule has 3 heteroatoms. The minimum absolute atomic E-state index is 0.0752. The molecule has 0 unspecified atom stereocenters. The largest absolute Gasteiger partial charge is 0.468 e. The van der Waals surface area contributed by atoms with E-state index in [1.807, 2.05) is 0 Å². The van der Waals surface area contributed by atoms with Crippen molar-refractivity contribution in [3.05, 3.63) is 0 Å². The molecule has 0 radical (unpaired) electrons. The predicted molar refractivity (Wildman–Crippen MR) is 42.2 cm³/mol. The summed E-state index contributed by atoms with van der Waals surface area (Å²) in [6.07, 6.45) is 2.28. The maximum absolute atomic E-state index is 11.1. The number of carbonyl (C=O) groups is 1. The molecule has 1 aliphatic heterocycles. The summed E-state index contributed by atoms with van der Waals surface area (Å²) in [6.45, 7) is 3.01. The second kappa shape index (κ2) is 3.72. The minimum Gasteiger partial charge on any atom is -0.468 e. The van der Waals surface area contributed by atoms with Gasteiger partial charge in [-0.15, -0.1) is 0 Å². The van der Waals surface area contributed by atoms with Gasteiger partial charge in [-0.1, -0.05) is 6.92 Å². The monoisotopic (exact) mass is 157 g/mol. The van der Waals surface area contributed by atoms with Crippen molar-refractivity contribution in [1.29, 1.82) is 0 Å². The lowest BCUT2D eigenvalue weighted by atomic mass is 9.93. The summed E-state index contributed by atoms with van der Waals surface area (Å²) in [5, 5.41) is 3.14. The van der Waals surface area contributed by atoms with Gasteiger partial charge in [0.25, 0.3) is 0 Å². The molecule has 0 saturated carbocycles. The molecule has 0 amide bonds. The van der Waals surface area contributed by atoms with E-state index in [4.69, 9.17) is 0 Å². The highest BCUT2D eigenvalue weighted by molar-refractivity contribution is 5.76. The van der Waals surface area contributed by atoms with Crippen LogP contribution in [0.1, 0.15) is 19.8 Å². The quantitative estimate of drug-likeness (QED) is 0.565. The highest BCUT2D eigenvalue weighted by Crippen LogP contribution is 2.15. The molecule has 0 aromatic rings. The molecule has 1 saturated heterocycles. The van der Waals surface area contributed by atoms with Crippen molar-refractivity contribution in [2.45, 2.75) is 25.8 Å². The molecule has 0 spiro atoms. The third kappa shape index (κ3) is 1.93. The van der Waals surface area contributed by atoms with Gasteiger partial charge in [0.15, 0.2) is 0 Å².